The highest BCUT2D eigenvalue weighted by atomic mass is 16.4. The minimum absolute atomic E-state index is 0.163. The highest BCUT2D eigenvalue weighted by Crippen LogP contribution is 2.05. The van der Waals surface area contributed by atoms with Crippen LogP contribution in [-0.2, 0) is 24.0 Å². The fourth-order valence-electron chi connectivity index (χ4n) is 2.39. The number of amides is 4. The van der Waals surface area contributed by atoms with Crippen LogP contribution in [0.2, 0.25) is 0 Å². The molecule has 0 saturated carbocycles. The highest BCUT2D eigenvalue weighted by Gasteiger charge is 2.30. The lowest BCUT2D eigenvalue weighted by Gasteiger charge is -2.25. The van der Waals surface area contributed by atoms with E-state index >= 15 is 0 Å². The maximum atomic E-state index is 12.7. The van der Waals surface area contributed by atoms with Crippen LogP contribution < -0.4 is 33.2 Å². The van der Waals surface area contributed by atoms with Crippen molar-refractivity contribution in [1.29, 1.82) is 0 Å². The van der Waals surface area contributed by atoms with Gasteiger partial charge in [-0.25, -0.2) is 0 Å². The second-order valence-electron chi connectivity index (χ2n) is 7.42. The summed E-state index contributed by atoms with van der Waals surface area (Å²) in [6.07, 6.45) is 0.820. The van der Waals surface area contributed by atoms with E-state index in [-0.39, 0.29) is 12.3 Å². The molecule has 10 N–H and O–H groups in total. The van der Waals surface area contributed by atoms with E-state index < -0.39 is 60.2 Å². The average molecular weight is 431 g/mol. The van der Waals surface area contributed by atoms with Crippen LogP contribution in [0, 0.1) is 5.92 Å². The van der Waals surface area contributed by atoms with E-state index in [1.165, 1.54) is 6.92 Å². The lowest BCUT2D eigenvalue weighted by molar-refractivity contribution is -0.142. The molecule has 12 heteroatoms. The van der Waals surface area contributed by atoms with Gasteiger partial charge in [-0.3, -0.25) is 24.0 Å². The van der Waals surface area contributed by atoms with Crippen LogP contribution in [0.25, 0.3) is 0 Å². The first-order valence-corrected chi connectivity index (χ1v) is 9.78. The normalized spacial score (nSPS) is 14.9. The smallest absolute Gasteiger partial charge is 0.325 e. The maximum Gasteiger partial charge on any atom is 0.325 e. The van der Waals surface area contributed by atoms with Crippen molar-refractivity contribution in [2.24, 2.45) is 23.1 Å². The molecule has 4 unspecified atom stereocenters. The summed E-state index contributed by atoms with van der Waals surface area (Å²) in [5.41, 5.74) is 16.4. The summed E-state index contributed by atoms with van der Waals surface area (Å²) >= 11 is 0. The zero-order valence-electron chi connectivity index (χ0n) is 17.6. The summed E-state index contributed by atoms with van der Waals surface area (Å²) in [5, 5.41) is 16.0. The Hall–Kier alpha value is -2.73. The Labute approximate surface area is 175 Å². The number of nitrogens with one attached hydrogen (secondary N) is 3. The summed E-state index contributed by atoms with van der Waals surface area (Å²) in [4.78, 5) is 59.6. The van der Waals surface area contributed by atoms with Gasteiger partial charge in [0.15, 0.2) is 0 Å². The number of carboxylic acids is 1. The fraction of sp³-hybridized carbons (Fsp3) is 0.722. The number of hydrogen-bond donors (Lipinski definition) is 7. The van der Waals surface area contributed by atoms with Crippen LogP contribution in [0.5, 0.6) is 0 Å². The predicted octanol–water partition coefficient (Wildman–Crippen LogP) is -2.47. The van der Waals surface area contributed by atoms with Crippen molar-refractivity contribution < 1.29 is 29.1 Å². The van der Waals surface area contributed by atoms with Crippen LogP contribution >= 0.6 is 0 Å². The summed E-state index contributed by atoms with van der Waals surface area (Å²) in [5.74, 6) is -4.47. The zero-order valence-corrected chi connectivity index (χ0v) is 17.6. The molecular weight excluding hydrogens is 396 g/mol. The molecule has 4 atom stereocenters. The fourth-order valence-corrected chi connectivity index (χ4v) is 2.39. The Morgan fingerprint density at radius 2 is 1.40 bits per heavy atom. The van der Waals surface area contributed by atoms with E-state index in [2.05, 4.69) is 16.0 Å². The van der Waals surface area contributed by atoms with E-state index in [0.29, 0.717) is 19.4 Å². The van der Waals surface area contributed by atoms with Gasteiger partial charge >= 0.3 is 5.97 Å². The molecule has 0 aromatic rings. The van der Waals surface area contributed by atoms with Gasteiger partial charge in [0.25, 0.3) is 0 Å². The molecule has 0 aliphatic carbocycles. The molecule has 0 aliphatic heterocycles. The largest absolute Gasteiger partial charge is 0.480 e. The molecule has 0 rings (SSSR count). The highest BCUT2D eigenvalue weighted by molar-refractivity contribution is 5.96. The summed E-state index contributed by atoms with van der Waals surface area (Å²) in [7, 11) is 0. The van der Waals surface area contributed by atoms with Crippen LogP contribution in [0.3, 0.4) is 0 Å². The summed E-state index contributed by atoms with van der Waals surface area (Å²) < 4.78 is 0. The molecule has 172 valence electrons. The molecule has 0 aliphatic rings. The lowest BCUT2D eigenvalue weighted by atomic mass is 10.0. The van der Waals surface area contributed by atoms with Gasteiger partial charge in [-0.1, -0.05) is 13.8 Å². The number of carboxylic acid groups (broad SMARTS) is 1. The second kappa shape index (κ2) is 13.5. The molecule has 0 bridgehead atoms. The third-order valence-corrected chi connectivity index (χ3v) is 4.37. The Morgan fingerprint density at radius 3 is 1.87 bits per heavy atom. The number of carbonyl (C=O) groups is 5. The Balaban J connectivity index is 5.37. The average Bonchev–Trinajstić information content (AvgIpc) is 2.65. The SMILES string of the molecule is CC(NC(=O)C(CC(N)=O)NC(=O)C(CCCCN)NC(=O)C(N)C(C)C)C(=O)O. The molecule has 0 spiro atoms. The molecule has 4 amide bonds. The van der Waals surface area contributed by atoms with Gasteiger partial charge in [0.1, 0.15) is 18.1 Å². The second-order valence-corrected chi connectivity index (χ2v) is 7.42. The van der Waals surface area contributed by atoms with Gasteiger partial charge in [-0.15, -0.1) is 0 Å². The minimum atomic E-state index is -1.40. The number of primary amides is 1. The third-order valence-electron chi connectivity index (χ3n) is 4.37. The molecule has 0 radical (unpaired) electrons. The van der Waals surface area contributed by atoms with Gasteiger partial charge < -0.3 is 38.3 Å². The monoisotopic (exact) mass is 430 g/mol. The van der Waals surface area contributed by atoms with Crippen molar-refractivity contribution >= 4 is 29.6 Å². The number of unbranched alkanes of at least 4 members (excludes halogenated alkanes) is 1. The summed E-state index contributed by atoms with van der Waals surface area (Å²) in [6.45, 7) is 5.13. The molecule has 0 aromatic carbocycles. The van der Waals surface area contributed by atoms with Gasteiger partial charge in [-0.05, 0) is 38.6 Å². The zero-order chi connectivity index (χ0) is 23.4. The predicted molar refractivity (Wildman–Crippen MR) is 109 cm³/mol. The first kappa shape index (κ1) is 27.3. The number of rotatable bonds is 14. The standard InChI is InChI=1S/C18H34N6O6/c1-9(2)14(21)17(28)23-11(6-4-5-7-19)15(26)24-12(8-13(20)25)16(27)22-10(3)18(29)30/h9-12,14H,4-8,19,21H2,1-3H3,(H2,20,25)(H,22,27)(H,23,28)(H,24,26)(H,29,30). The Bertz CT molecular complexity index is 626. The van der Waals surface area contributed by atoms with Crippen molar-refractivity contribution in [3.05, 3.63) is 0 Å². The minimum Gasteiger partial charge on any atom is -0.480 e. The number of nitrogens with two attached hydrogens (primary N) is 3. The molecule has 0 saturated heterocycles. The number of aliphatic carboxylic acids is 1. The number of hydrogen-bond acceptors (Lipinski definition) is 7. The van der Waals surface area contributed by atoms with Gasteiger partial charge in [-0.2, -0.15) is 0 Å². The Morgan fingerprint density at radius 1 is 0.867 bits per heavy atom. The molecular formula is C18H34N6O6. The molecule has 30 heavy (non-hydrogen) atoms. The molecule has 12 nitrogen and oxygen atoms in total. The van der Waals surface area contributed by atoms with E-state index in [4.69, 9.17) is 22.3 Å². The third kappa shape index (κ3) is 10.2. The van der Waals surface area contributed by atoms with E-state index in [1.807, 2.05) is 0 Å². The van der Waals surface area contributed by atoms with Crippen LogP contribution in [-0.4, -0.2) is 65.4 Å². The quantitative estimate of drug-likeness (QED) is 0.146. The van der Waals surface area contributed by atoms with Gasteiger partial charge in [0.2, 0.25) is 23.6 Å². The topological polar surface area (TPSA) is 220 Å². The summed E-state index contributed by atoms with van der Waals surface area (Å²) in [6, 6.07) is -4.50. The first-order chi connectivity index (χ1) is 13.9. The van der Waals surface area contributed by atoms with Crippen molar-refractivity contribution in [3.63, 3.8) is 0 Å². The molecule has 0 fully saturated rings. The van der Waals surface area contributed by atoms with Gasteiger partial charge in [0.05, 0.1) is 12.5 Å². The van der Waals surface area contributed by atoms with Crippen LogP contribution in [0.15, 0.2) is 0 Å². The van der Waals surface area contributed by atoms with Gasteiger partial charge in [0, 0.05) is 0 Å². The van der Waals surface area contributed by atoms with E-state index in [9.17, 15) is 24.0 Å². The van der Waals surface area contributed by atoms with Crippen LogP contribution in [0.1, 0.15) is 46.5 Å². The van der Waals surface area contributed by atoms with E-state index in [0.717, 1.165) is 0 Å². The van der Waals surface area contributed by atoms with Crippen molar-refractivity contribution in [2.45, 2.75) is 70.6 Å². The van der Waals surface area contributed by atoms with E-state index in [1.54, 1.807) is 13.8 Å². The molecule has 0 aromatic heterocycles. The Kier molecular flexibility index (Phi) is 12.3. The van der Waals surface area contributed by atoms with Crippen molar-refractivity contribution in [1.82, 2.24) is 16.0 Å². The lowest BCUT2D eigenvalue weighted by Crippen LogP contribution is -2.57. The van der Waals surface area contributed by atoms with Crippen molar-refractivity contribution in [3.8, 4) is 0 Å². The number of carbonyl (C=O) groups excluding carboxylic acids is 4. The maximum absolute atomic E-state index is 12.7. The van der Waals surface area contributed by atoms with Crippen molar-refractivity contribution in [2.75, 3.05) is 6.54 Å². The molecule has 0 heterocycles. The first-order valence-electron chi connectivity index (χ1n) is 9.78. The van der Waals surface area contributed by atoms with Crippen LogP contribution in [0.4, 0.5) is 0 Å².